The van der Waals surface area contributed by atoms with Crippen molar-refractivity contribution >= 4 is 20.2 Å². The first-order valence-electron chi connectivity index (χ1n) is 7.11. The minimum atomic E-state index is -4.32. The topological polar surface area (TPSA) is 154 Å². The highest BCUT2D eigenvalue weighted by Crippen LogP contribution is 2.08. The van der Waals surface area contributed by atoms with E-state index in [4.69, 9.17) is 14.9 Å². The third-order valence-corrected chi connectivity index (χ3v) is 3.45. The Balaban J connectivity index is -0.000000152. The molecule has 158 valence electrons. The fourth-order valence-corrected chi connectivity index (χ4v) is 1.63. The maximum absolute atomic E-state index is 10.2. The zero-order valence-corrected chi connectivity index (χ0v) is 15.5. The second-order valence-corrected chi connectivity index (χ2v) is 7.95. The number of aliphatic hydroxyl groups excluding tert-OH is 2. The zero-order chi connectivity index (χ0) is 18.7. The average molecular weight is 412 g/mol. The molecule has 0 radical (unpaired) electrons. The van der Waals surface area contributed by atoms with E-state index in [1.807, 2.05) is 6.92 Å². The van der Waals surface area contributed by atoms with Crippen LogP contribution in [0, 0.1) is 0 Å². The molecule has 1 heterocycles. The average Bonchev–Trinajstić information content (AvgIpc) is 3.09. The lowest BCUT2D eigenvalue weighted by atomic mass is 10.1. The molecule has 25 heavy (non-hydrogen) atoms. The largest absolute Gasteiger partial charge is 0.746 e. The predicted molar refractivity (Wildman–Crippen MR) is 96.3 cm³/mol. The van der Waals surface area contributed by atoms with Crippen LogP contribution in [-0.2, 0) is 29.2 Å². The molecule has 0 aliphatic carbocycles. The van der Waals surface area contributed by atoms with Crippen LogP contribution in [-0.4, -0.2) is 61.8 Å². The summed E-state index contributed by atoms with van der Waals surface area (Å²) in [6, 6.07) is 0. The molecule has 1 fully saturated rings. The molecule has 0 amide bonds. The summed E-state index contributed by atoms with van der Waals surface area (Å²) in [6.45, 7) is 7.10. The van der Waals surface area contributed by atoms with Crippen molar-refractivity contribution < 1.29 is 40.5 Å². The van der Waals surface area contributed by atoms with Gasteiger partial charge in [0.2, 0.25) is 0 Å². The van der Waals surface area contributed by atoms with E-state index in [0.717, 1.165) is 6.42 Å². The first-order valence-corrected chi connectivity index (χ1v) is 10.3. The van der Waals surface area contributed by atoms with Crippen LogP contribution in [0.3, 0.4) is 0 Å². The van der Waals surface area contributed by atoms with E-state index in [0.29, 0.717) is 12.8 Å². The Hall–Kier alpha value is -0.300. The van der Waals surface area contributed by atoms with Gasteiger partial charge in [-0.05, 0) is 33.1 Å². The molecule has 0 bridgehead atoms. The second kappa shape index (κ2) is 15.9. The van der Waals surface area contributed by atoms with Crippen molar-refractivity contribution in [3.63, 3.8) is 0 Å². The molecular weight excluding hydrogens is 376 g/mol. The Morgan fingerprint density at radius 1 is 1.12 bits per heavy atom. The molecule has 1 aliphatic rings. The smallest absolute Gasteiger partial charge is 0.294 e. The van der Waals surface area contributed by atoms with Gasteiger partial charge in [-0.2, -0.15) is 8.42 Å². The standard InChI is InChI=1S/C7H16O5S.C4H10O.CH2O3S.2CH4/c1-3-7(4-6(2)8)12-5-13(9,10)11;1-3-4(2)5;2-5(3)1-4-5;;/h6-8H,3-5H2,1-2H3,(H,9,10,11);4-5H,3H2,1-2H3;1H2;2*1H4/p-1. The van der Waals surface area contributed by atoms with E-state index in [1.165, 1.54) is 0 Å². The predicted octanol–water partition coefficient (Wildman–Crippen LogP) is 1.41. The molecule has 1 rings (SSSR count). The number of hydrogen-bond donors (Lipinski definition) is 2. The highest BCUT2D eigenvalue weighted by atomic mass is 32.2. The van der Waals surface area contributed by atoms with Crippen molar-refractivity contribution in [3.05, 3.63) is 0 Å². The maximum atomic E-state index is 10.2. The molecule has 3 unspecified atom stereocenters. The fraction of sp³-hybridized carbons (Fsp3) is 1.00. The summed E-state index contributed by atoms with van der Waals surface area (Å²) in [6.07, 6.45) is 0.727. The van der Waals surface area contributed by atoms with Crippen LogP contribution < -0.4 is 0 Å². The Kier molecular flexibility index (Phi) is 20.6. The Labute approximate surface area is 153 Å². The van der Waals surface area contributed by atoms with Crippen molar-refractivity contribution in [2.45, 2.75) is 80.1 Å². The second-order valence-electron chi connectivity index (χ2n) is 5.01. The number of rotatable bonds is 7. The lowest BCUT2D eigenvalue weighted by molar-refractivity contribution is 0.0364. The summed E-state index contributed by atoms with van der Waals surface area (Å²) in [5, 5.41) is 17.3. The summed E-state index contributed by atoms with van der Waals surface area (Å²) < 4.78 is 58.3. The van der Waals surface area contributed by atoms with Crippen molar-refractivity contribution in [2.75, 3.05) is 11.9 Å². The third kappa shape index (κ3) is 31.9. The molecule has 9 nitrogen and oxygen atoms in total. The van der Waals surface area contributed by atoms with Gasteiger partial charge in [-0.15, -0.1) is 0 Å². The quantitative estimate of drug-likeness (QED) is 0.467. The van der Waals surface area contributed by atoms with Crippen LogP contribution in [0.15, 0.2) is 0 Å². The van der Waals surface area contributed by atoms with Crippen molar-refractivity contribution in [2.24, 2.45) is 0 Å². The SMILES string of the molecule is C.C.CCC(C)O.CCC(CC(C)O)OCS(=O)(=O)[O-].O=S1(=O)CO1. The van der Waals surface area contributed by atoms with E-state index in [-0.39, 0.29) is 33.0 Å². The van der Waals surface area contributed by atoms with Gasteiger partial charge in [0.1, 0.15) is 16.1 Å². The Morgan fingerprint density at radius 2 is 1.48 bits per heavy atom. The van der Waals surface area contributed by atoms with Crippen LogP contribution in [0.25, 0.3) is 0 Å². The highest BCUT2D eigenvalue weighted by Gasteiger charge is 2.27. The lowest BCUT2D eigenvalue weighted by Crippen LogP contribution is -2.21. The minimum absolute atomic E-state index is 0. The molecule has 1 aliphatic heterocycles. The molecule has 0 aromatic heterocycles. The van der Waals surface area contributed by atoms with Crippen molar-refractivity contribution in [1.29, 1.82) is 0 Å². The number of aliphatic hydroxyl groups is 2. The minimum Gasteiger partial charge on any atom is -0.746 e. The Bertz CT molecular complexity index is 474. The molecule has 1 saturated heterocycles. The Morgan fingerprint density at radius 3 is 1.64 bits per heavy atom. The normalized spacial score (nSPS) is 17.7. The van der Waals surface area contributed by atoms with E-state index >= 15 is 0 Å². The van der Waals surface area contributed by atoms with Gasteiger partial charge in [0, 0.05) is 0 Å². The highest BCUT2D eigenvalue weighted by molar-refractivity contribution is 7.91. The summed E-state index contributed by atoms with van der Waals surface area (Å²) in [5.41, 5.74) is 0. The monoisotopic (exact) mass is 411 g/mol. The maximum Gasteiger partial charge on any atom is 0.294 e. The first kappa shape index (κ1) is 32.4. The first-order chi connectivity index (χ1) is 10.3. The van der Waals surface area contributed by atoms with Gasteiger partial charge in [0.15, 0.2) is 5.94 Å². The van der Waals surface area contributed by atoms with E-state index in [1.54, 1.807) is 20.8 Å². The van der Waals surface area contributed by atoms with Crippen LogP contribution in [0.4, 0.5) is 0 Å². The fourth-order valence-electron chi connectivity index (χ4n) is 0.952. The number of hydrogen-bond acceptors (Lipinski definition) is 9. The van der Waals surface area contributed by atoms with Crippen molar-refractivity contribution in [1.82, 2.24) is 0 Å². The van der Waals surface area contributed by atoms with E-state index < -0.39 is 32.3 Å². The molecule has 3 atom stereocenters. The number of ether oxygens (including phenoxy) is 1. The van der Waals surface area contributed by atoms with Gasteiger partial charge < -0.3 is 19.5 Å². The summed E-state index contributed by atoms with van der Waals surface area (Å²) in [4.78, 5) is 0. The molecule has 0 aromatic carbocycles. The van der Waals surface area contributed by atoms with Crippen LogP contribution in [0.2, 0.25) is 0 Å². The van der Waals surface area contributed by atoms with E-state index in [9.17, 15) is 21.4 Å². The van der Waals surface area contributed by atoms with Gasteiger partial charge in [-0.3, -0.25) is 0 Å². The molecule has 2 N–H and O–H groups in total. The lowest BCUT2D eigenvalue weighted by Gasteiger charge is -2.18. The summed E-state index contributed by atoms with van der Waals surface area (Å²) in [5.74, 6) is -0.898. The molecule has 0 saturated carbocycles. The van der Waals surface area contributed by atoms with Crippen LogP contribution in [0.1, 0.15) is 61.8 Å². The molecule has 0 spiro atoms. The van der Waals surface area contributed by atoms with Crippen LogP contribution >= 0.6 is 0 Å². The summed E-state index contributed by atoms with van der Waals surface area (Å²) in [7, 11) is -7.24. The summed E-state index contributed by atoms with van der Waals surface area (Å²) >= 11 is 0. The van der Waals surface area contributed by atoms with Crippen LogP contribution in [0.5, 0.6) is 0 Å². The van der Waals surface area contributed by atoms with Gasteiger partial charge in [-0.1, -0.05) is 28.7 Å². The van der Waals surface area contributed by atoms with Gasteiger partial charge in [0.25, 0.3) is 10.1 Å². The molecule has 11 heteroatoms. The zero-order valence-electron chi connectivity index (χ0n) is 13.8. The van der Waals surface area contributed by atoms with Gasteiger partial charge in [0.05, 0.1) is 18.3 Å². The third-order valence-electron chi connectivity index (χ3n) is 2.41. The molecular formula is C14H35O9S2-. The van der Waals surface area contributed by atoms with Gasteiger partial charge >= 0.3 is 0 Å². The van der Waals surface area contributed by atoms with Crippen molar-refractivity contribution in [3.8, 4) is 0 Å². The van der Waals surface area contributed by atoms with E-state index in [2.05, 4.69) is 4.18 Å². The van der Waals surface area contributed by atoms with Gasteiger partial charge in [-0.25, -0.2) is 12.6 Å². The molecule has 0 aromatic rings.